The number of carboxylic acid groups (broad SMARTS) is 1. The molecule has 0 amide bonds. The van der Waals surface area contributed by atoms with Gasteiger partial charge in [-0.25, -0.2) is 9.18 Å². The Morgan fingerprint density at radius 3 is 2.47 bits per heavy atom. The molecule has 0 aromatic heterocycles. The number of rotatable bonds is 4. The topological polar surface area (TPSA) is 40.5 Å². The summed E-state index contributed by atoms with van der Waals surface area (Å²) >= 11 is 0. The lowest BCUT2D eigenvalue weighted by molar-refractivity contribution is 0.0697. The van der Waals surface area contributed by atoms with Gasteiger partial charge < -0.3 is 10.0 Å². The summed E-state index contributed by atoms with van der Waals surface area (Å²) < 4.78 is 12.9. The van der Waals surface area contributed by atoms with E-state index < -0.39 is 11.8 Å². The highest BCUT2D eigenvalue weighted by Crippen LogP contribution is 2.21. The molecule has 82 valence electrons. The van der Waals surface area contributed by atoms with Gasteiger partial charge in [0, 0.05) is 13.1 Å². The third-order valence-electron chi connectivity index (χ3n) is 2.29. The van der Waals surface area contributed by atoms with E-state index in [1.165, 1.54) is 12.1 Å². The number of hydrogen-bond donors (Lipinski definition) is 1. The number of halogens is 1. The van der Waals surface area contributed by atoms with Crippen LogP contribution >= 0.6 is 0 Å². The first-order chi connectivity index (χ1) is 7.10. The monoisotopic (exact) mass is 211 g/mol. The Morgan fingerprint density at radius 2 is 2.00 bits per heavy atom. The van der Waals surface area contributed by atoms with Gasteiger partial charge in [0.2, 0.25) is 0 Å². The molecule has 1 rings (SSSR count). The quantitative estimate of drug-likeness (QED) is 0.831. The second-order valence-corrected chi connectivity index (χ2v) is 3.14. The molecule has 0 saturated carbocycles. The molecular formula is C11H14FNO2. The molecule has 4 heteroatoms. The summed E-state index contributed by atoms with van der Waals surface area (Å²) in [6.45, 7) is 5.25. The fourth-order valence-corrected chi connectivity index (χ4v) is 1.52. The second-order valence-electron chi connectivity index (χ2n) is 3.14. The minimum absolute atomic E-state index is 0.0127. The normalized spacial score (nSPS) is 10.1. The van der Waals surface area contributed by atoms with Crippen LogP contribution in [0.2, 0.25) is 0 Å². The van der Waals surface area contributed by atoms with E-state index in [9.17, 15) is 9.18 Å². The highest BCUT2D eigenvalue weighted by atomic mass is 19.1. The van der Waals surface area contributed by atoms with Crippen LogP contribution in [0, 0.1) is 5.82 Å². The molecule has 0 heterocycles. The van der Waals surface area contributed by atoms with E-state index in [1.54, 1.807) is 0 Å². The fourth-order valence-electron chi connectivity index (χ4n) is 1.52. The predicted octanol–water partition coefficient (Wildman–Crippen LogP) is 2.37. The number of aromatic carboxylic acids is 1. The molecule has 0 saturated heterocycles. The van der Waals surface area contributed by atoms with Gasteiger partial charge in [0.15, 0.2) is 0 Å². The third-order valence-corrected chi connectivity index (χ3v) is 2.29. The lowest BCUT2D eigenvalue weighted by Gasteiger charge is -2.22. The Kier molecular flexibility index (Phi) is 3.66. The fraction of sp³-hybridized carbons (Fsp3) is 0.364. The van der Waals surface area contributed by atoms with Crippen molar-refractivity contribution in [3.63, 3.8) is 0 Å². The van der Waals surface area contributed by atoms with E-state index in [0.29, 0.717) is 18.8 Å². The molecular weight excluding hydrogens is 197 g/mol. The highest BCUT2D eigenvalue weighted by molar-refractivity contribution is 5.94. The molecule has 0 unspecified atom stereocenters. The smallest absolute Gasteiger partial charge is 0.337 e. The van der Waals surface area contributed by atoms with Crippen molar-refractivity contribution in [2.45, 2.75) is 13.8 Å². The van der Waals surface area contributed by atoms with E-state index in [4.69, 9.17) is 5.11 Å². The SMILES string of the molecule is CCN(CC)c1ccc(F)cc1C(=O)O. The van der Waals surface area contributed by atoms with Gasteiger partial charge in [0.1, 0.15) is 5.82 Å². The van der Waals surface area contributed by atoms with E-state index in [1.807, 2.05) is 18.7 Å². The number of nitrogens with zero attached hydrogens (tertiary/aromatic N) is 1. The average Bonchev–Trinajstić information content (AvgIpc) is 2.21. The van der Waals surface area contributed by atoms with Crippen molar-refractivity contribution in [1.29, 1.82) is 0 Å². The molecule has 15 heavy (non-hydrogen) atoms. The summed E-state index contributed by atoms with van der Waals surface area (Å²) in [5, 5.41) is 8.94. The Balaban J connectivity index is 3.21. The molecule has 0 aliphatic carbocycles. The Hall–Kier alpha value is -1.58. The van der Waals surface area contributed by atoms with Crippen LogP contribution in [0.3, 0.4) is 0 Å². The predicted molar refractivity (Wildman–Crippen MR) is 56.9 cm³/mol. The molecule has 1 aromatic rings. The van der Waals surface area contributed by atoms with Gasteiger partial charge in [-0.15, -0.1) is 0 Å². The van der Waals surface area contributed by atoms with E-state index in [0.717, 1.165) is 6.07 Å². The zero-order chi connectivity index (χ0) is 11.4. The summed E-state index contributed by atoms with van der Waals surface area (Å²) in [7, 11) is 0. The van der Waals surface area contributed by atoms with E-state index in [-0.39, 0.29) is 5.56 Å². The molecule has 3 nitrogen and oxygen atoms in total. The average molecular weight is 211 g/mol. The number of carboxylic acids is 1. The Labute approximate surface area is 88.1 Å². The summed E-state index contributed by atoms with van der Waals surface area (Å²) in [6, 6.07) is 3.84. The Morgan fingerprint density at radius 1 is 1.40 bits per heavy atom. The van der Waals surface area contributed by atoms with Crippen molar-refractivity contribution in [2.75, 3.05) is 18.0 Å². The molecule has 0 spiro atoms. The van der Waals surface area contributed by atoms with Gasteiger partial charge in [-0.2, -0.15) is 0 Å². The van der Waals surface area contributed by atoms with Gasteiger partial charge in [-0.05, 0) is 32.0 Å². The number of carbonyl (C=O) groups is 1. The first-order valence-electron chi connectivity index (χ1n) is 4.88. The van der Waals surface area contributed by atoms with Gasteiger partial charge in [0.05, 0.1) is 11.3 Å². The lowest BCUT2D eigenvalue weighted by atomic mass is 10.1. The standard InChI is InChI=1S/C11H14FNO2/c1-3-13(4-2)10-6-5-8(12)7-9(10)11(14)15/h5-7H,3-4H2,1-2H3,(H,14,15). The van der Waals surface area contributed by atoms with Crippen molar-refractivity contribution < 1.29 is 14.3 Å². The molecule has 0 aliphatic heterocycles. The zero-order valence-electron chi connectivity index (χ0n) is 8.83. The first kappa shape index (κ1) is 11.5. The number of benzene rings is 1. The second kappa shape index (κ2) is 4.77. The van der Waals surface area contributed by atoms with Crippen LogP contribution in [0.15, 0.2) is 18.2 Å². The minimum Gasteiger partial charge on any atom is -0.478 e. The van der Waals surface area contributed by atoms with Crippen LogP contribution < -0.4 is 4.90 Å². The van der Waals surface area contributed by atoms with Gasteiger partial charge >= 0.3 is 5.97 Å². The molecule has 0 fully saturated rings. The highest BCUT2D eigenvalue weighted by Gasteiger charge is 2.14. The molecule has 0 aliphatic rings. The maximum absolute atomic E-state index is 12.9. The molecule has 1 N–H and O–H groups in total. The van der Waals surface area contributed by atoms with Crippen molar-refractivity contribution in [3.05, 3.63) is 29.6 Å². The van der Waals surface area contributed by atoms with Gasteiger partial charge in [0.25, 0.3) is 0 Å². The number of anilines is 1. The van der Waals surface area contributed by atoms with E-state index >= 15 is 0 Å². The largest absolute Gasteiger partial charge is 0.478 e. The van der Waals surface area contributed by atoms with Crippen molar-refractivity contribution >= 4 is 11.7 Å². The summed E-state index contributed by atoms with van der Waals surface area (Å²) in [5.74, 6) is -1.63. The third kappa shape index (κ3) is 2.46. The van der Waals surface area contributed by atoms with Crippen LogP contribution in [-0.4, -0.2) is 24.2 Å². The summed E-state index contributed by atoms with van der Waals surface area (Å²) in [6.07, 6.45) is 0. The van der Waals surface area contributed by atoms with Crippen LogP contribution in [0.1, 0.15) is 24.2 Å². The van der Waals surface area contributed by atoms with Crippen LogP contribution in [-0.2, 0) is 0 Å². The maximum Gasteiger partial charge on any atom is 0.337 e. The maximum atomic E-state index is 12.9. The van der Waals surface area contributed by atoms with Crippen molar-refractivity contribution in [2.24, 2.45) is 0 Å². The summed E-state index contributed by atoms with van der Waals surface area (Å²) in [5.41, 5.74) is 0.576. The molecule has 0 bridgehead atoms. The molecule has 0 radical (unpaired) electrons. The van der Waals surface area contributed by atoms with E-state index in [2.05, 4.69) is 0 Å². The van der Waals surface area contributed by atoms with Gasteiger partial charge in [-0.3, -0.25) is 0 Å². The van der Waals surface area contributed by atoms with Crippen LogP contribution in [0.4, 0.5) is 10.1 Å². The van der Waals surface area contributed by atoms with Crippen molar-refractivity contribution in [1.82, 2.24) is 0 Å². The minimum atomic E-state index is -1.10. The van der Waals surface area contributed by atoms with Crippen LogP contribution in [0.5, 0.6) is 0 Å². The lowest BCUT2D eigenvalue weighted by Crippen LogP contribution is -2.24. The zero-order valence-corrected chi connectivity index (χ0v) is 8.83. The Bertz CT molecular complexity index is 362. The van der Waals surface area contributed by atoms with Gasteiger partial charge in [-0.1, -0.05) is 0 Å². The first-order valence-corrected chi connectivity index (χ1v) is 4.88. The van der Waals surface area contributed by atoms with Crippen LogP contribution in [0.25, 0.3) is 0 Å². The molecule has 0 atom stereocenters. The summed E-state index contributed by atoms with van der Waals surface area (Å²) in [4.78, 5) is 12.8. The van der Waals surface area contributed by atoms with Crippen molar-refractivity contribution in [3.8, 4) is 0 Å². The number of hydrogen-bond acceptors (Lipinski definition) is 2. The molecule has 1 aromatic carbocycles.